The lowest BCUT2D eigenvalue weighted by Gasteiger charge is -2.22. The van der Waals surface area contributed by atoms with Gasteiger partial charge in [0, 0.05) is 6.04 Å². The maximum atomic E-state index is 2.52. The molecule has 1 fully saturated rings. The second-order valence-corrected chi connectivity index (χ2v) is 4.03. The van der Waals surface area contributed by atoms with Crippen LogP contribution in [0.3, 0.4) is 0 Å². The van der Waals surface area contributed by atoms with E-state index in [1.807, 2.05) is 0 Å². The van der Waals surface area contributed by atoms with E-state index < -0.39 is 0 Å². The molecule has 1 nitrogen and oxygen atoms in total. The lowest BCUT2D eigenvalue weighted by Crippen LogP contribution is -2.26. The maximum Gasteiger partial charge on any atom is 0.00952 e. The Bertz CT molecular complexity index is 111. The van der Waals surface area contributed by atoms with Gasteiger partial charge in [-0.05, 0) is 38.8 Å². The number of hydrogen-bond donors (Lipinski definition) is 0. The number of likely N-dealkylation sites (tertiary alicyclic amines) is 1. The normalized spacial score (nSPS) is 29.2. The van der Waals surface area contributed by atoms with Crippen molar-refractivity contribution in [3.05, 3.63) is 0 Å². The van der Waals surface area contributed by atoms with Crippen molar-refractivity contribution in [2.45, 2.75) is 45.6 Å². The summed E-state index contributed by atoms with van der Waals surface area (Å²) in [6.45, 7) is 5.98. The summed E-state index contributed by atoms with van der Waals surface area (Å²) in [5.41, 5.74) is 0. The van der Waals surface area contributed by atoms with Gasteiger partial charge in [-0.3, -0.25) is 0 Å². The molecule has 2 atom stereocenters. The number of nitrogens with zero attached hydrogens (tertiary/aromatic N) is 1. The summed E-state index contributed by atoms with van der Waals surface area (Å²) in [7, 11) is 2.26. The van der Waals surface area contributed by atoms with Crippen LogP contribution in [0.1, 0.15) is 39.5 Å². The fourth-order valence-electron chi connectivity index (χ4n) is 1.91. The van der Waals surface area contributed by atoms with Gasteiger partial charge in [-0.15, -0.1) is 0 Å². The van der Waals surface area contributed by atoms with E-state index in [0.29, 0.717) is 0 Å². The predicted molar refractivity (Wildman–Crippen MR) is 49.7 cm³/mol. The molecule has 0 aromatic heterocycles. The lowest BCUT2D eigenvalue weighted by atomic mass is 9.98. The Morgan fingerprint density at radius 1 is 1.55 bits per heavy atom. The number of rotatable bonds is 3. The van der Waals surface area contributed by atoms with Crippen LogP contribution < -0.4 is 0 Å². The number of hydrogen-bond acceptors (Lipinski definition) is 1. The summed E-state index contributed by atoms with van der Waals surface area (Å²) < 4.78 is 0. The molecule has 1 heterocycles. The molecular formula is C10H21N. The Labute approximate surface area is 70.8 Å². The molecule has 0 aromatic rings. The van der Waals surface area contributed by atoms with Crippen LogP contribution in [0, 0.1) is 5.92 Å². The summed E-state index contributed by atoms with van der Waals surface area (Å²) in [6.07, 6.45) is 5.59. The topological polar surface area (TPSA) is 3.24 Å². The smallest absolute Gasteiger partial charge is 0.00952 e. The van der Waals surface area contributed by atoms with Gasteiger partial charge in [0.2, 0.25) is 0 Å². The summed E-state index contributed by atoms with van der Waals surface area (Å²) in [6, 6.07) is 0.893. The molecular weight excluding hydrogens is 134 g/mol. The summed E-state index contributed by atoms with van der Waals surface area (Å²) in [5, 5.41) is 0. The monoisotopic (exact) mass is 155 g/mol. The Morgan fingerprint density at radius 2 is 2.27 bits per heavy atom. The molecule has 0 radical (unpaired) electrons. The van der Waals surface area contributed by atoms with Crippen molar-refractivity contribution >= 4 is 0 Å². The van der Waals surface area contributed by atoms with Gasteiger partial charge in [0.15, 0.2) is 0 Å². The van der Waals surface area contributed by atoms with Gasteiger partial charge in [-0.1, -0.05) is 20.3 Å². The first-order valence-electron chi connectivity index (χ1n) is 4.94. The predicted octanol–water partition coefficient (Wildman–Crippen LogP) is 2.52. The van der Waals surface area contributed by atoms with E-state index in [1.165, 1.54) is 32.2 Å². The largest absolute Gasteiger partial charge is 0.303 e. The van der Waals surface area contributed by atoms with Crippen molar-refractivity contribution in [3.63, 3.8) is 0 Å². The van der Waals surface area contributed by atoms with E-state index in [2.05, 4.69) is 25.8 Å². The van der Waals surface area contributed by atoms with Crippen LogP contribution in [0.2, 0.25) is 0 Å². The van der Waals surface area contributed by atoms with E-state index in [1.54, 1.807) is 0 Å². The highest BCUT2D eigenvalue weighted by Gasteiger charge is 2.21. The van der Waals surface area contributed by atoms with E-state index in [4.69, 9.17) is 0 Å². The Kier molecular flexibility index (Phi) is 3.38. The molecule has 2 unspecified atom stereocenters. The van der Waals surface area contributed by atoms with Crippen LogP contribution in [-0.2, 0) is 0 Å². The van der Waals surface area contributed by atoms with Gasteiger partial charge in [0.25, 0.3) is 0 Å². The van der Waals surface area contributed by atoms with Gasteiger partial charge in [0.1, 0.15) is 0 Å². The minimum atomic E-state index is 0.893. The fourth-order valence-corrected chi connectivity index (χ4v) is 1.91. The van der Waals surface area contributed by atoms with Crippen LogP contribution in [0.5, 0.6) is 0 Å². The third kappa shape index (κ3) is 2.48. The van der Waals surface area contributed by atoms with Crippen molar-refractivity contribution < 1.29 is 0 Å². The zero-order valence-corrected chi connectivity index (χ0v) is 8.14. The Hall–Kier alpha value is -0.0400. The van der Waals surface area contributed by atoms with Crippen LogP contribution in [0.15, 0.2) is 0 Å². The summed E-state index contributed by atoms with van der Waals surface area (Å²) >= 11 is 0. The van der Waals surface area contributed by atoms with Crippen LogP contribution >= 0.6 is 0 Å². The van der Waals surface area contributed by atoms with Crippen LogP contribution in [0.4, 0.5) is 0 Å². The van der Waals surface area contributed by atoms with Crippen molar-refractivity contribution in [1.29, 1.82) is 0 Å². The average Bonchev–Trinajstić information content (AvgIpc) is 2.37. The van der Waals surface area contributed by atoms with Gasteiger partial charge in [0.05, 0.1) is 0 Å². The third-order valence-electron chi connectivity index (χ3n) is 3.04. The highest BCUT2D eigenvalue weighted by atomic mass is 15.1. The van der Waals surface area contributed by atoms with E-state index in [-0.39, 0.29) is 0 Å². The van der Waals surface area contributed by atoms with Crippen LogP contribution in [0.25, 0.3) is 0 Å². The molecule has 1 heteroatoms. The molecule has 0 saturated carbocycles. The molecule has 66 valence electrons. The van der Waals surface area contributed by atoms with Gasteiger partial charge in [-0.2, -0.15) is 0 Å². The molecule has 0 bridgehead atoms. The van der Waals surface area contributed by atoms with E-state index >= 15 is 0 Å². The summed E-state index contributed by atoms with van der Waals surface area (Å²) in [5.74, 6) is 0.917. The zero-order valence-electron chi connectivity index (χ0n) is 8.14. The molecule has 1 saturated heterocycles. The van der Waals surface area contributed by atoms with Crippen molar-refractivity contribution in [3.8, 4) is 0 Å². The Morgan fingerprint density at radius 3 is 2.73 bits per heavy atom. The quantitative estimate of drug-likeness (QED) is 0.605. The average molecular weight is 155 g/mol. The van der Waals surface area contributed by atoms with Gasteiger partial charge < -0.3 is 4.90 Å². The first-order valence-corrected chi connectivity index (χ1v) is 4.94. The molecule has 1 aliphatic rings. The minimum absolute atomic E-state index is 0.893. The molecule has 1 rings (SSSR count). The molecule has 0 aliphatic carbocycles. The SMILES string of the molecule is CCC(C)CC1CCCN1C. The Balaban J connectivity index is 2.24. The fraction of sp³-hybridized carbons (Fsp3) is 1.00. The molecule has 1 aliphatic heterocycles. The lowest BCUT2D eigenvalue weighted by molar-refractivity contribution is 0.264. The standard InChI is InChI=1S/C10H21N/c1-4-9(2)8-10-6-5-7-11(10)3/h9-10H,4-8H2,1-3H3. The molecule has 0 aromatic carbocycles. The second-order valence-electron chi connectivity index (χ2n) is 4.03. The molecule has 0 spiro atoms. The zero-order chi connectivity index (χ0) is 8.27. The molecule has 0 amide bonds. The first kappa shape index (κ1) is 9.05. The van der Waals surface area contributed by atoms with E-state index in [9.17, 15) is 0 Å². The minimum Gasteiger partial charge on any atom is -0.303 e. The first-order chi connectivity index (χ1) is 5.24. The van der Waals surface area contributed by atoms with E-state index in [0.717, 1.165) is 12.0 Å². The van der Waals surface area contributed by atoms with Gasteiger partial charge >= 0.3 is 0 Å². The highest BCUT2D eigenvalue weighted by molar-refractivity contribution is 4.77. The highest BCUT2D eigenvalue weighted by Crippen LogP contribution is 2.22. The van der Waals surface area contributed by atoms with Gasteiger partial charge in [-0.25, -0.2) is 0 Å². The third-order valence-corrected chi connectivity index (χ3v) is 3.04. The van der Waals surface area contributed by atoms with Crippen molar-refractivity contribution in [2.24, 2.45) is 5.92 Å². The van der Waals surface area contributed by atoms with Crippen LogP contribution in [-0.4, -0.2) is 24.5 Å². The summed E-state index contributed by atoms with van der Waals surface area (Å²) in [4.78, 5) is 2.52. The second kappa shape index (κ2) is 4.10. The van der Waals surface area contributed by atoms with Crippen molar-refractivity contribution in [1.82, 2.24) is 4.90 Å². The molecule has 0 N–H and O–H groups in total. The van der Waals surface area contributed by atoms with Crippen molar-refractivity contribution in [2.75, 3.05) is 13.6 Å². The molecule has 11 heavy (non-hydrogen) atoms. The maximum absolute atomic E-state index is 2.52.